The summed E-state index contributed by atoms with van der Waals surface area (Å²) in [4.78, 5) is 27.1. The minimum atomic E-state index is -2.50. The summed E-state index contributed by atoms with van der Waals surface area (Å²) in [6, 6.07) is 0. The van der Waals surface area contributed by atoms with Crippen LogP contribution >= 0.6 is 0 Å². The first-order chi connectivity index (χ1) is 9.22. The Bertz CT molecular complexity index is 518. The largest absolute Gasteiger partial charge is 0.503 e. The van der Waals surface area contributed by atoms with Gasteiger partial charge in [-0.2, -0.15) is 0 Å². The van der Waals surface area contributed by atoms with E-state index in [4.69, 9.17) is 11.5 Å². The third kappa shape index (κ3) is 4.35. The Labute approximate surface area is 108 Å². The number of nitrogens with one attached hydrogen (secondary N) is 1. The van der Waals surface area contributed by atoms with E-state index in [-0.39, 0.29) is 5.96 Å². The Morgan fingerprint density at radius 1 is 1.15 bits per heavy atom. The van der Waals surface area contributed by atoms with E-state index in [1.165, 1.54) is 0 Å². The number of nitro groups is 3. The highest BCUT2D eigenvalue weighted by Crippen LogP contribution is 2.22. The van der Waals surface area contributed by atoms with Gasteiger partial charge in [0.05, 0.1) is 5.10 Å². The Balaban J connectivity index is 0.000000621. The number of aromatic nitrogens is 3. The maximum absolute atomic E-state index is 10.3. The van der Waals surface area contributed by atoms with Crippen LogP contribution in [0, 0.1) is 30.3 Å². The zero-order chi connectivity index (χ0) is 15.9. The predicted molar refractivity (Wildman–Crippen MR) is 59.8 cm³/mol. The lowest BCUT2D eigenvalue weighted by atomic mass is 10.3. The van der Waals surface area contributed by atoms with E-state index in [0.717, 1.165) is 0 Å². The molecule has 20 heavy (non-hydrogen) atoms. The highest BCUT2D eigenvalue weighted by molar-refractivity contribution is 5.75. The average Bonchev–Trinajstić information content (AvgIpc) is 2.77. The van der Waals surface area contributed by atoms with E-state index in [2.05, 4.69) is 21.1 Å². The summed E-state index contributed by atoms with van der Waals surface area (Å²) in [6.07, 6.45) is -2.50. The molecule has 0 unspecified atom stereocenters. The average molecular weight is 292 g/mol. The maximum atomic E-state index is 10.3. The first-order valence-corrected chi connectivity index (χ1v) is 4.33. The van der Waals surface area contributed by atoms with E-state index < -0.39 is 32.4 Å². The molecule has 0 aliphatic carbocycles. The van der Waals surface area contributed by atoms with Gasteiger partial charge in [-0.3, -0.25) is 20.2 Å². The van der Waals surface area contributed by atoms with Gasteiger partial charge in [0, 0.05) is 0 Å². The van der Waals surface area contributed by atoms with Gasteiger partial charge >= 0.3 is 17.7 Å². The summed E-state index contributed by atoms with van der Waals surface area (Å²) in [6.45, 7) is 0. The molecule has 0 aliphatic heterocycles. The van der Waals surface area contributed by atoms with Gasteiger partial charge in [-0.15, -0.1) is 15.4 Å². The number of H-pyrrole nitrogens is 1. The molecule has 7 N–H and O–H groups in total. The van der Waals surface area contributed by atoms with Gasteiger partial charge in [0.15, 0.2) is 0 Å². The number of aromatic amines is 1. The Morgan fingerprint density at radius 2 is 1.60 bits per heavy atom. The number of hydrazone groups is 1. The summed E-state index contributed by atoms with van der Waals surface area (Å²) < 4.78 is 0. The van der Waals surface area contributed by atoms with Crippen molar-refractivity contribution in [3.05, 3.63) is 36.0 Å². The van der Waals surface area contributed by atoms with E-state index in [9.17, 15) is 30.3 Å². The van der Waals surface area contributed by atoms with Crippen LogP contribution in [0.5, 0.6) is 0 Å². The molecule has 1 rings (SSSR count). The molecule has 110 valence electrons. The second-order valence-corrected chi connectivity index (χ2v) is 2.79. The smallest absolute Gasteiger partial charge is 0.369 e. The monoisotopic (exact) mass is 292 g/mol. The molecule has 16 nitrogen and oxygen atoms in total. The number of hydrogen-bond acceptors (Lipinski definition) is 10. The topological polar surface area (TPSA) is 261 Å². The van der Waals surface area contributed by atoms with Crippen LogP contribution in [-0.4, -0.2) is 36.1 Å². The molecule has 0 fully saturated rings. The van der Waals surface area contributed by atoms with Gasteiger partial charge in [-0.1, -0.05) is 0 Å². The van der Waals surface area contributed by atoms with Crippen molar-refractivity contribution in [2.75, 3.05) is 0 Å². The third-order valence-corrected chi connectivity index (χ3v) is 1.52. The van der Waals surface area contributed by atoms with Crippen molar-refractivity contribution in [1.29, 1.82) is 0 Å². The number of guanidine groups is 1. The normalized spacial score (nSPS) is 9.25. The van der Waals surface area contributed by atoms with Crippen molar-refractivity contribution in [3.63, 3.8) is 0 Å². The quantitative estimate of drug-likeness (QED) is 0.111. The zero-order valence-electron chi connectivity index (χ0n) is 9.44. The zero-order valence-corrected chi connectivity index (χ0v) is 9.44. The maximum Gasteiger partial charge on any atom is 0.503 e. The Kier molecular flexibility index (Phi) is 5.73. The van der Waals surface area contributed by atoms with Gasteiger partial charge in [-0.25, -0.2) is 0 Å². The molecular formula is C4H8N10O6. The molecule has 0 saturated carbocycles. The molecule has 1 aromatic rings. The molecule has 1 heterocycles. The van der Waals surface area contributed by atoms with Crippen LogP contribution in [0.4, 0.5) is 5.82 Å². The fraction of sp³-hybridized carbons (Fsp3) is 0.250. The number of rotatable bonds is 4. The van der Waals surface area contributed by atoms with Crippen LogP contribution in [0.3, 0.4) is 0 Å². The summed E-state index contributed by atoms with van der Waals surface area (Å²) in [5.74, 6) is 3.38. The van der Waals surface area contributed by atoms with Crippen molar-refractivity contribution in [1.82, 2.24) is 15.4 Å². The minimum Gasteiger partial charge on any atom is -0.369 e. The lowest BCUT2D eigenvalue weighted by Gasteiger charge is -1.96. The second-order valence-electron chi connectivity index (χ2n) is 2.79. The first-order valence-electron chi connectivity index (χ1n) is 4.33. The van der Waals surface area contributed by atoms with Crippen molar-refractivity contribution in [2.24, 2.45) is 22.4 Å². The number of nitrogens with two attached hydrogens (primary N) is 3. The van der Waals surface area contributed by atoms with Crippen LogP contribution in [0.15, 0.2) is 5.10 Å². The van der Waals surface area contributed by atoms with Crippen LogP contribution < -0.4 is 17.3 Å². The fourth-order valence-electron chi connectivity index (χ4n) is 0.818. The molecule has 0 saturated heterocycles. The van der Waals surface area contributed by atoms with Gasteiger partial charge in [0.2, 0.25) is 5.96 Å². The van der Waals surface area contributed by atoms with E-state index in [1.807, 2.05) is 0 Å². The highest BCUT2D eigenvalue weighted by Gasteiger charge is 2.45. The van der Waals surface area contributed by atoms with Crippen molar-refractivity contribution in [2.45, 2.75) is 6.17 Å². The molecule has 0 aromatic carbocycles. The summed E-state index contributed by atoms with van der Waals surface area (Å²) in [5, 5.41) is 41.4. The van der Waals surface area contributed by atoms with Gasteiger partial charge < -0.3 is 27.4 Å². The van der Waals surface area contributed by atoms with Crippen molar-refractivity contribution >= 4 is 11.8 Å². The molecule has 0 amide bonds. The van der Waals surface area contributed by atoms with Crippen LogP contribution in [0.25, 0.3) is 0 Å². The highest BCUT2D eigenvalue weighted by atomic mass is 16.7. The molecule has 1 aromatic heterocycles. The molecule has 0 aliphatic rings. The molecule has 0 radical (unpaired) electrons. The van der Waals surface area contributed by atoms with Crippen LogP contribution in [-0.2, 0) is 0 Å². The SMILES string of the molecule is NN=C(N)N.O=[N+]([O-])c1n[nH]nc1C([N+](=O)[O-])[N+](=O)[O-]. The molecule has 0 atom stereocenters. The standard InChI is InChI=1S/C3H2N6O6.CH6N4/c10-7(11)2-1(4-6-5-2)3(8(12)13)9(14)15;2-1(3)5-4/h3H,(H,4,5,6);4H2,(H4,2,3,5). The third-order valence-electron chi connectivity index (χ3n) is 1.52. The Hall–Kier alpha value is -3.59. The van der Waals surface area contributed by atoms with E-state index in [0.29, 0.717) is 0 Å². The van der Waals surface area contributed by atoms with Gasteiger partial charge in [-0.05, 0) is 4.92 Å². The summed E-state index contributed by atoms with van der Waals surface area (Å²) in [5.41, 5.74) is 8.45. The lowest BCUT2D eigenvalue weighted by molar-refractivity contribution is -0.753. The predicted octanol–water partition coefficient (Wildman–Crippen LogP) is -2.60. The number of hydrogen-bond donors (Lipinski definition) is 4. The molecular weight excluding hydrogens is 284 g/mol. The van der Waals surface area contributed by atoms with Crippen molar-refractivity contribution in [3.8, 4) is 0 Å². The summed E-state index contributed by atoms with van der Waals surface area (Å²) in [7, 11) is 0. The van der Waals surface area contributed by atoms with E-state index in [1.54, 1.807) is 5.21 Å². The molecule has 0 spiro atoms. The second kappa shape index (κ2) is 6.98. The van der Waals surface area contributed by atoms with E-state index >= 15 is 0 Å². The summed E-state index contributed by atoms with van der Waals surface area (Å²) >= 11 is 0. The lowest BCUT2D eigenvalue weighted by Crippen LogP contribution is -2.23. The molecule has 16 heteroatoms. The van der Waals surface area contributed by atoms with Gasteiger partial charge in [0.25, 0.3) is 0 Å². The van der Waals surface area contributed by atoms with Crippen LogP contribution in [0.2, 0.25) is 0 Å². The van der Waals surface area contributed by atoms with Crippen molar-refractivity contribution < 1.29 is 14.8 Å². The van der Waals surface area contributed by atoms with Gasteiger partial charge in [0.1, 0.15) is 9.85 Å². The fourth-order valence-corrected chi connectivity index (χ4v) is 0.818. The van der Waals surface area contributed by atoms with Crippen LogP contribution in [0.1, 0.15) is 11.9 Å². The first kappa shape index (κ1) is 16.4. The number of nitrogens with zero attached hydrogens (tertiary/aromatic N) is 6. The molecule has 0 bridgehead atoms. The Morgan fingerprint density at radius 3 is 1.90 bits per heavy atom. The minimum absolute atomic E-state index is 0.0926.